The van der Waals surface area contributed by atoms with E-state index in [1.54, 1.807) is 17.6 Å². The molecule has 0 aliphatic carbocycles. The second kappa shape index (κ2) is 4.96. The van der Waals surface area contributed by atoms with E-state index >= 15 is 0 Å². The number of hydrogen-bond donors (Lipinski definition) is 1. The normalized spacial score (nSPS) is 10.7. The minimum absolute atomic E-state index is 0.700. The molecule has 0 atom stereocenters. The van der Waals surface area contributed by atoms with Crippen LogP contribution in [0.25, 0.3) is 0 Å². The van der Waals surface area contributed by atoms with Crippen LogP contribution in [0.4, 0.5) is 5.69 Å². The van der Waals surface area contributed by atoms with Gasteiger partial charge in [0.2, 0.25) is 0 Å². The van der Waals surface area contributed by atoms with E-state index < -0.39 is 0 Å². The molecule has 0 radical (unpaired) electrons. The van der Waals surface area contributed by atoms with E-state index in [1.807, 2.05) is 41.1 Å². The maximum atomic E-state index is 5.83. The van der Waals surface area contributed by atoms with Crippen LogP contribution < -0.4 is 5.43 Å². The summed E-state index contributed by atoms with van der Waals surface area (Å²) < 4.78 is 0. The largest absolute Gasteiger partial charge is 0.278 e. The van der Waals surface area contributed by atoms with Crippen LogP contribution in [-0.2, 0) is 0 Å². The molecule has 0 aliphatic rings. The molecule has 0 fully saturated rings. The molecular weight excluding hydrogens is 228 g/mol. The Morgan fingerprint density at radius 1 is 1.33 bits per heavy atom. The lowest BCUT2D eigenvalue weighted by Gasteiger charge is -1.98. The SMILES string of the molecule is Clc1cccc(N/N=C/c2ccsc2)c1. The first-order valence-electron chi connectivity index (χ1n) is 4.41. The maximum Gasteiger partial charge on any atom is 0.0576 e. The van der Waals surface area contributed by atoms with Crippen LogP contribution in [0, 0.1) is 0 Å². The fourth-order valence-corrected chi connectivity index (χ4v) is 1.89. The molecule has 2 aromatic rings. The van der Waals surface area contributed by atoms with Gasteiger partial charge in [-0.2, -0.15) is 16.4 Å². The molecular formula is C11H9ClN2S. The summed E-state index contributed by atoms with van der Waals surface area (Å²) in [4.78, 5) is 0. The van der Waals surface area contributed by atoms with Crippen molar-refractivity contribution in [3.8, 4) is 0 Å². The Morgan fingerprint density at radius 3 is 3.00 bits per heavy atom. The van der Waals surface area contributed by atoms with Gasteiger partial charge in [-0.15, -0.1) is 0 Å². The smallest absolute Gasteiger partial charge is 0.0576 e. The third kappa shape index (κ3) is 3.08. The van der Waals surface area contributed by atoms with Crippen molar-refractivity contribution in [2.24, 2.45) is 5.10 Å². The highest BCUT2D eigenvalue weighted by molar-refractivity contribution is 7.08. The summed E-state index contributed by atoms with van der Waals surface area (Å²) in [5, 5.41) is 8.84. The number of hydrazone groups is 1. The van der Waals surface area contributed by atoms with Crippen molar-refractivity contribution in [2.75, 3.05) is 5.43 Å². The summed E-state index contributed by atoms with van der Waals surface area (Å²) in [6.45, 7) is 0. The molecule has 0 aliphatic heterocycles. The first-order valence-corrected chi connectivity index (χ1v) is 5.73. The zero-order valence-corrected chi connectivity index (χ0v) is 9.42. The van der Waals surface area contributed by atoms with Crippen LogP contribution in [0.2, 0.25) is 5.02 Å². The Hall–Kier alpha value is -1.32. The van der Waals surface area contributed by atoms with Gasteiger partial charge in [-0.1, -0.05) is 17.7 Å². The topological polar surface area (TPSA) is 24.4 Å². The fourth-order valence-electron chi connectivity index (χ4n) is 1.09. The van der Waals surface area contributed by atoms with E-state index in [0.717, 1.165) is 11.3 Å². The second-order valence-corrected chi connectivity index (χ2v) is 4.15. The number of rotatable bonds is 3. The highest BCUT2D eigenvalue weighted by Crippen LogP contribution is 2.14. The third-order valence-electron chi connectivity index (χ3n) is 1.78. The molecule has 15 heavy (non-hydrogen) atoms. The van der Waals surface area contributed by atoms with Gasteiger partial charge < -0.3 is 0 Å². The van der Waals surface area contributed by atoms with Crippen LogP contribution in [0.5, 0.6) is 0 Å². The van der Waals surface area contributed by atoms with Gasteiger partial charge in [0.05, 0.1) is 11.9 Å². The van der Waals surface area contributed by atoms with Crippen molar-refractivity contribution in [3.05, 3.63) is 51.7 Å². The molecule has 76 valence electrons. The minimum atomic E-state index is 0.700. The summed E-state index contributed by atoms with van der Waals surface area (Å²) >= 11 is 7.48. The van der Waals surface area contributed by atoms with Crippen molar-refractivity contribution in [1.82, 2.24) is 0 Å². The van der Waals surface area contributed by atoms with Crippen molar-refractivity contribution in [1.29, 1.82) is 0 Å². The first-order chi connectivity index (χ1) is 7.34. The number of thiophene rings is 1. The van der Waals surface area contributed by atoms with Gasteiger partial charge >= 0.3 is 0 Å². The molecule has 1 heterocycles. The van der Waals surface area contributed by atoms with E-state index in [-0.39, 0.29) is 0 Å². The van der Waals surface area contributed by atoms with E-state index in [4.69, 9.17) is 11.6 Å². The molecule has 4 heteroatoms. The molecule has 0 bridgehead atoms. The second-order valence-electron chi connectivity index (χ2n) is 2.94. The van der Waals surface area contributed by atoms with Gasteiger partial charge in [-0.25, -0.2) is 0 Å². The van der Waals surface area contributed by atoms with Crippen LogP contribution in [0.15, 0.2) is 46.2 Å². The van der Waals surface area contributed by atoms with Gasteiger partial charge in [0.25, 0.3) is 0 Å². The maximum absolute atomic E-state index is 5.83. The summed E-state index contributed by atoms with van der Waals surface area (Å²) in [6, 6.07) is 9.46. The number of benzene rings is 1. The van der Waals surface area contributed by atoms with Crippen LogP contribution in [-0.4, -0.2) is 6.21 Å². The molecule has 2 rings (SSSR count). The van der Waals surface area contributed by atoms with Crippen molar-refractivity contribution in [2.45, 2.75) is 0 Å². The Labute approximate surface area is 97.2 Å². The summed E-state index contributed by atoms with van der Waals surface area (Å²) in [5.74, 6) is 0. The fraction of sp³-hybridized carbons (Fsp3) is 0. The molecule has 2 nitrogen and oxygen atoms in total. The third-order valence-corrected chi connectivity index (χ3v) is 2.71. The molecule has 0 saturated heterocycles. The molecule has 0 spiro atoms. The molecule has 0 unspecified atom stereocenters. The molecule has 1 aromatic carbocycles. The van der Waals surface area contributed by atoms with Crippen LogP contribution in [0.3, 0.4) is 0 Å². The average Bonchev–Trinajstić information content (AvgIpc) is 2.71. The highest BCUT2D eigenvalue weighted by Gasteiger charge is 1.90. The first kappa shape index (κ1) is 10.2. The lowest BCUT2D eigenvalue weighted by Crippen LogP contribution is -1.88. The van der Waals surface area contributed by atoms with Gasteiger partial charge in [0.1, 0.15) is 0 Å². The average molecular weight is 237 g/mol. The minimum Gasteiger partial charge on any atom is -0.278 e. The van der Waals surface area contributed by atoms with E-state index in [9.17, 15) is 0 Å². The summed E-state index contributed by atoms with van der Waals surface area (Å²) in [5.41, 5.74) is 4.89. The Kier molecular flexibility index (Phi) is 3.37. The van der Waals surface area contributed by atoms with Crippen LogP contribution in [0.1, 0.15) is 5.56 Å². The summed E-state index contributed by atoms with van der Waals surface area (Å²) in [6.07, 6.45) is 1.78. The highest BCUT2D eigenvalue weighted by atomic mass is 35.5. The van der Waals surface area contributed by atoms with Gasteiger partial charge in [-0.3, -0.25) is 5.43 Å². The quantitative estimate of drug-likeness (QED) is 0.635. The summed E-state index contributed by atoms with van der Waals surface area (Å²) in [7, 11) is 0. The lowest BCUT2D eigenvalue weighted by atomic mass is 10.3. The molecule has 1 aromatic heterocycles. The number of nitrogens with one attached hydrogen (secondary N) is 1. The Bertz CT molecular complexity index is 451. The van der Waals surface area contributed by atoms with Crippen molar-refractivity contribution < 1.29 is 0 Å². The van der Waals surface area contributed by atoms with Crippen molar-refractivity contribution >= 4 is 34.8 Å². The Morgan fingerprint density at radius 2 is 2.27 bits per heavy atom. The van der Waals surface area contributed by atoms with Gasteiger partial charge in [-0.05, 0) is 35.0 Å². The van der Waals surface area contributed by atoms with E-state index in [2.05, 4.69) is 10.5 Å². The zero-order chi connectivity index (χ0) is 10.5. The monoisotopic (exact) mass is 236 g/mol. The standard InChI is InChI=1S/C11H9ClN2S/c12-10-2-1-3-11(6-10)14-13-7-9-4-5-15-8-9/h1-8,14H/b13-7+. The molecule has 0 saturated carbocycles. The lowest BCUT2D eigenvalue weighted by molar-refractivity contribution is 1.35. The number of halogens is 1. The predicted octanol–water partition coefficient (Wildman–Crippen LogP) is 3.85. The van der Waals surface area contributed by atoms with E-state index in [0.29, 0.717) is 5.02 Å². The number of nitrogens with zero attached hydrogens (tertiary/aromatic N) is 1. The molecule has 1 N–H and O–H groups in total. The van der Waals surface area contributed by atoms with Gasteiger partial charge in [0.15, 0.2) is 0 Å². The molecule has 0 amide bonds. The Balaban J connectivity index is 1.99. The van der Waals surface area contributed by atoms with E-state index in [1.165, 1.54) is 0 Å². The number of hydrogen-bond acceptors (Lipinski definition) is 3. The predicted molar refractivity (Wildman–Crippen MR) is 67.0 cm³/mol. The van der Waals surface area contributed by atoms with Crippen molar-refractivity contribution in [3.63, 3.8) is 0 Å². The van der Waals surface area contributed by atoms with Gasteiger partial charge in [0, 0.05) is 10.6 Å². The number of anilines is 1. The zero-order valence-electron chi connectivity index (χ0n) is 7.85. The van der Waals surface area contributed by atoms with Crippen LogP contribution >= 0.6 is 22.9 Å².